The maximum absolute atomic E-state index is 12.5. The largest absolute Gasteiger partial charge is 0.491 e. The number of benzene rings is 3. The van der Waals surface area contributed by atoms with Gasteiger partial charge in [-0.15, -0.1) is 0 Å². The Morgan fingerprint density at radius 3 is 2.33 bits per heavy atom. The first kappa shape index (κ1) is 22.8. The maximum Gasteiger partial charge on any atom is 0.193 e. The molecule has 4 aromatic rings. The van der Waals surface area contributed by atoms with Gasteiger partial charge in [0.25, 0.3) is 0 Å². The van der Waals surface area contributed by atoms with Crippen molar-refractivity contribution in [3.05, 3.63) is 101 Å². The average molecular weight is 444 g/mol. The topological polar surface area (TPSA) is 62.9 Å². The number of rotatable bonds is 9. The molecule has 4 rings (SSSR count). The molecule has 0 spiro atoms. The van der Waals surface area contributed by atoms with Gasteiger partial charge in [0.15, 0.2) is 5.43 Å². The van der Waals surface area contributed by atoms with Crippen LogP contribution in [0.4, 0.5) is 0 Å². The first-order valence-corrected chi connectivity index (χ1v) is 11.2. The Kier molecular flexibility index (Phi) is 7.23. The van der Waals surface area contributed by atoms with Gasteiger partial charge in [-0.05, 0) is 31.5 Å². The van der Waals surface area contributed by atoms with Crippen LogP contribution < -0.4 is 10.2 Å². The summed E-state index contributed by atoms with van der Waals surface area (Å²) in [6.07, 6.45) is -0.658. The highest BCUT2D eigenvalue weighted by molar-refractivity contribution is 5.80. The lowest BCUT2D eigenvalue weighted by Crippen LogP contribution is -2.39. The lowest BCUT2D eigenvalue weighted by Gasteiger charge is -2.28. The second-order valence-corrected chi connectivity index (χ2v) is 8.47. The van der Waals surface area contributed by atoms with Gasteiger partial charge in [-0.1, -0.05) is 60.7 Å². The molecular weight excluding hydrogens is 414 g/mol. The molecular formula is C28H29NO4. The third-order valence-electron chi connectivity index (χ3n) is 5.61. The molecule has 0 radical (unpaired) electrons. The SMILES string of the molecule is CC(C)N(Cc1ccccc1)CC(O)COc1ccc2c(=O)cc(-c3ccccc3)oc2c1. The summed E-state index contributed by atoms with van der Waals surface area (Å²) in [7, 11) is 0. The van der Waals surface area contributed by atoms with E-state index in [-0.39, 0.29) is 18.1 Å². The smallest absolute Gasteiger partial charge is 0.193 e. The Hall–Kier alpha value is -3.41. The molecule has 1 heterocycles. The predicted octanol–water partition coefficient (Wildman–Crippen LogP) is 5.11. The molecule has 5 heteroatoms. The van der Waals surface area contributed by atoms with E-state index in [0.29, 0.717) is 29.0 Å². The van der Waals surface area contributed by atoms with Gasteiger partial charge in [0.1, 0.15) is 29.8 Å². The van der Waals surface area contributed by atoms with Gasteiger partial charge in [-0.3, -0.25) is 9.69 Å². The zero-order chi connectivity index (χ0) is 23.2. The fourth-order valence-corrected chi connectivity index (χ4v) is 3.76. The zero-order valence-corrected chi connectivity index (χ0v) is 19.0. The van der Waals surface area contributed by atoms with E-state index in [9.17, 15) is 9.90 Å². The van der Waals surface area contributed by atoms with Crippen LogP contribution in [0.3, 0.4) is 0 Å². The molecule has 0 saturated carbocycles. The van der Waals surface area contributed by atoms with E-state index in [1.165, 1.54) is 11.6 Å². The molecule has 3 aromatic carbocycles. The molecule has 1 aromatic heterocycles. The van der Waals surface area contributed by atoms with Gasteiger partial charge in [0, 0.05) is 36.8 Å². The number of fused-ring (bicyclic) bond motifs is 1. The molecule has 170 valence electrons. The number of ether oxygens (including phenoxy) is 1. The van der Waals surface area contributed by atoms with Crippen LogP contribution >= 0.6 is 0 Å². The summed E-state index contributed by atoms with van der Waals surface area (Å²) < 4.78 is 11.8. The van der Waals surface area contributed by atoms with Crippen molar-refractivity contribution in [1.29, 1.82) is 0 Å². The molecule has 0 aliphatic heterocycles. The molecule has 0 bridgehead atoms. The van der Waals surface area contributed by atoms with Crippen LogP contribution in [0.25, 0.3) is 22.3 Å². The van der Waals surface area contributed by atoms with Crippen LogP contribution in [0.1, 0.15) is 19.4 Å². The molecule has 5 nitrogen and oxygen atoms in total. The fourth-order valence-electron chi connectivity index (χ4n) is 3.76. The van der Waals surface area contributed by atoms with E-state index >= 15 is 0 Å². The summed E-state index contributed by atoms with van der Waals surface area (Å²) in [4.78, 5) is 14.8. The number of nitrogens with zero attached hydrogens (tertiary/aromatic N) is 1. The predicted molar refractivity (Wildman–Crippen MR) is 131 cm³/mol. The third-order valence-corrected chi connectivity index (χ3v) is 5.61. The van der Waals surface area contributed by atoms with Crippen LogP contribution in [-0.2, 0) is 6.54 Å². The van der Waals surface area contributed by atoms with Gasteiger partial charge in [-0.25, -0.2) is 0 Å². The highest BCUT2D eigenvalue weighted by atomic mass is 16.5. The standard InChI is InChI=1S/C28H29NO4/c1-20(2)29(17-21-9-5-3-6-10-21)18-23(30)19-32-24-13-14-25-26(31)16-27(33-28(25)15-24)22-11-7-4-8-12-22/h3-16,20,23,30H,17-19H2,1-2H3. The van der Waals surface area contributed by atoms with Crippen LogP contribution in [0.2, 0.25) is 0 Å². The highest BCUT2D eigenvalue weighted by Gasteiger charge is 2.16. The van der Waals surface area contributed by atoms with E-state index in [0.717, 1.165) is 12.1 Å². The Morgan fingerprint density at radius 2 is 1.64 bits per heavy atom. The summed E-state index contributed by atoms with van der Waals surface area (Å²) >= 11 is 0. The van der Waals surface area contributed by atoms with Crippen LogP contribution in [0.15, 0.2) is 94.1 Å². The van der Waals surface area contributed by atoms with Crippen molar-refractivity contribution in [2.24, 2.45) is 0 Å². The van der Waals surface area contributed by atoms with E-state index < -0.39 is 6.10 Å². The van der Waals surface area contributed by atoms with Crippen molar-refractivity contribution in [3.8, 4) is 17.1 Å². The second-order valence-electron chi connectivity index (χ2n) is 8.47. The van der Waals surface area contributed by atoms with Crippen LogP contribution in [0.5, 0.6) is 5.75 Å². The van der Waals surface area contributed by atoms with E-state index in [4.69, 9.17) is 9.15 Å². The zero-order valence-electron chi connectivity index (χ0n) is 19.0. The number of hydrogen-bond acceptors (Lipinski definition) is 5. The maximum atomic E-state index is 12.5. The molecule has 1 N–H and O–H groups in total. The molecule has 0 aliphatic carbocycles. The molecule has 1 unspecified atom stereocenters. The Balaban J connectivity index is 1.44. The van der Waals surface area contributed by atoms with Crippen LogP contribution in [-0.4, -0.2) is 35.3 Å². The van der Waals surface area contributed by atoms with Gasteiger partial charge in [0.05, 0.1) is 5.39 Å². The quantitative estimate of drug-likeness (QED) is 0.389. The Labute approximate surface area is 193 Å². The summed E-state index contributed by atoms with van der Waals surface area (Å²) in [5, 5.41) is 11.1. The van der Waals surface area contributed by atoms with Crippen molar-refractivity contribution in [1.82, 2.24) is 4.90 Å². The Morgan fingerprint density at radius 1 is 0.939 bits per heavy atom. The molecule has 0 amide bonds. The van der Waals surface area contributed by atoms with Crippen molar-refractivity contribution < 1.29 is 14.3 Å². The number of aliphatic hydroxyl groups is 1. The van der Waals surface area contributed by atoms with Crippen molar-refractivity contribution in [2.45, 2.75) is 32.5 Å². The number of aliphatic hydroxyl groups excluding tert-OH is 1. The van der Waals surface area contributed by atoms with E-state index in [1.807, 2.05) is 48.5 Å². The Bertz CT molecular complexity index is 1240. The summed E-state index contributed by atoms with van der Waals surface area (Å²) in [6.45, 7) is 5.64. The lowest BCUT2D eigenvalue weighted by atomic mass is 10.1. The minimum absolute atomic E-state index is 0.102. The van der Waals surface area contributed by atoms with Gasteiger partial charge in [0.2, 0.25) is 0 Å². The summed E-state index contributed by atoms with van der Waals surface area (Å²) in [6, 6.07) is 26.7. The van der Waals surface area contributed by atoms with E-state index in [1.54, 1.807) is 18.2 Å². The summed E-state index contributed by atoms with van der Waals surface area (Å²) in [5.74, 6) is 1.06. The minimum Gasteiger partial charge on any atom is -0.491 e. The van der Waals surface area contributed by atoms with Gasteiger partial charge >= 0.3 is 0 Å². The van der Waals surface area contributed by atoms with Crippen molar-refractivity contribution in [3.63, 3.8) is 0 Å². The lowest BCUT2D eigenvalue weighted by molar-refractivity contribution is 0.0543. The van der Waals surface area contributed by atoms with Gasteiger partial charge < -0.3 is 14.3 Å². The average Bonchev–Trinajstić information content (AvgIpc) is 2.83. The van der Waals surface area contributed by atoms with E-state index in [2.05, 4.69) is 30.9 Å². The molecule has 33 heavy (non-hydrogen) atoms. The molecule has 0 saturated heterocycles. The fraction of sp³-hybridized carbons (Fsp3) is 0.250. The number of hydrogen-bond donors (Lipinski definition) is 1. The molecule has 1 atom stereocenters. The molecule has 0 aliphatic rings. The normalized spacial score (nSPS) is 12.4. The third kappa shape index (κ3) is 5.89. The van der Waals surface area contributed by atoms with Crippen LogP contribution in [0, 0.1) is 0 Å². The van der Waals surface area contributed by atoms with Crippen molar-refractivity contribution >= 4 is 11.0 Å². The van der Waals surface area contributed by atoms with Crippen molar-refractivity contribution in [2.75, 3.05) is 13.2 Å². The molecule has 0 fully saturated rings. The summed E-state index contributed by atoms with van der Waals surface area (Å²) in [5.41, 5.74) is 2.40. The first-order valence-electron chi connectivity index (χ1n) is 11.2. The first-order chi connectivity index (χ1) is 16.0. The monoisotopic (exact) mass is 443 g/mol. The second kappa shape index (κ2) is 10.5. The minimum atomic E-state index is -0.658. The van der Waals surface area contributed by atoms with Gasteiger partial charge in [-0.2, -0.15) is 0 Å². The highest BCUT2D eigenvalue weighted by Crippen LogP contribution is 2.25.